The van der Waals surface area contributed by atoms with Crippen molar-refractivity contribution in [2.45, 2.75) is 20.3 Å². The van der Waals surface area contributed by atoms with Crippen LogP contribution in [-0.4, -0.2) is 12.5 Å². The summed E-state index contributed by atoms with van der Waals surface area (Å²) in [7, 11) is 0. The van der Waals surface area contributed by atoms with Crippen molar-refractivity contribution in [1.29, 1.82) is 0 Å². The van der Waals surface area contributed by atoms with Gasteiger partial charge in [-0.1, -0.05) is 29.3 Å². The maximum Gasteiger partial charge on any atom is 0.226 e. The summed E-state index contributed by atoms with van der Waals surface area (Å²) in [6, 6.07) is 11.1. The predicted molar refractivity (Wildman–Crippen MR) is 94.1 cm³/mol. The van der Waals surface area contributed by atoms with Crippen molar-refractivity contribution in [1.82, 2.24) is 0 Å². The molecule has 0 fully saturated rings. The Morgan fingerprint density at radius 1 is 1.09 bits per heavy atom. The van der Waals surface area contributed by atoms with Crippen LogP contribution in [0.25, 0.3) is 0 Å². The second kappa shape index (κ2) is 7.52. The molecule has 0 aliphatic rings. The van der Waals surface area contributed by atoms with E-state index in [4.69, 9.17) is 23.2 Å². The summed E-state index contributed by atoms with van der Waals surface area (Å²) in [6.07, 6.45) is 0.369. The second-order valence-electron chi connectivity index (χ2n) is 5.10. The maximum absolute atomic E-state index is 12.0. The summed E-state index contributed by atoms with van der Waals surface area (Å²) < 4.78 is 0. The Balaban J connectivity index is 1.87. The van der Waals surface area contributed by atoms with Crippen LogP contribution in [0.3, 0.4) is 0 Å². The molecule has 0 heterocycles. The number of hydrogen-bond acceptors (Lipinski definition) is 2. The molecule has 0 aliphatic heterocycles. The normalized spacial score (nSPS) is 10.4. The van der Waals surface area contributed by atoms with E-state index >= 15 is 0 Å². The van der Waals surface area contributed by atoms with Crippen molar-refractivity contribution in [2.24, 2.45) is 0 Å². The third-order valence-electron chi connectivity index (χ3n) is 3.40. The predicted octanol–water partition coefficient (Wildman–Crippen LogP) is 5.05. The van der Waals surface area contributed by atoms with Crippen LogP contribution in [0.5, 0.6) is 0 Å². The molecule has 2 aromatic carbocycles. The number of amides is 1. The number of benzene rings is 2. The molecule has 0 unspecified atom stereocenters. The molecule has 3 nitrogen and oxygen atoms in total. The first-order valence-corrected chi connectivity index (χ1v) is 7.78. The molecule has 0 radical (unpaired) electrons. The summed E-state index contributed by atoms with van der Waals surface area (Å²) in [4.78, 5) is 12.0. The van der Waals surface area contributed by atoms with Crippen LogP contribution in [0.1, 0.15) is 17.5 Å². The lowest BCUT2D eigenvalue weighted by atomic mass is 10.2. The van der Waals surface area contributed by atoms with Crippen LogP contribution in [-0.2, 0) is 4.79 Å². The van der Waals surface area contributed by atoms with Crippen molar-refractivity contribution in [3.05, 3.63) is 57.6 Å². The topological polar surface area (TPSA) is 41.1 Å². The molecule has 2 rings (SSSR count). The van der Waals surface area contributed by atoms with E-state index in [1.54, 1.807) is 6.07 Å². The number of carbonyl (C=O) groups excluding carboxylic acids is 1. The number of nitrogens with one attached hydrogen (secondary N) is 2. The van der Waals surface area contributed by atoms with Gasteiger partial charge in [0.25, 0.3) is 0 Å². The van der Waals surface area contributed by atoms with E-state index in [0.717, 1.165) is 22.5 Å². The number of aryl methyl sites for hydroxylation is 1. The highest BCUT2D eigenvalue weighted by atomic mass is 35.5. The molecular formula is C17H18Cl2N2O. The molecule has 5 heteroatoms. The Kier molecular flexibility index (Phi) is 5.69. The van der Waals surface area contributed by atoms with Gasteiger partial charge in [-0.25, -0.2) is 0 Å². The highest BCUT2D eigenvalue weighted by Crippen LogP contribution is 2.23. The van der Waals surface area contributed by atoms with Gasteiger partial charge in [-0.2, -0.15) is 0 Å². The number of rotatable bonds is 5. The molecule has 22 heavy (non-hydrogen) atoms. The van der Waals surface area contributed by atoms with Gasteiger partial charge in [0.05, 0.1) is 0 Å². The van der Waals surface area contributed by atoms with Crippen molar-refractivity contribution in [3.8, 4) is 0 Å². The van der Waals surface area contributed by atoms with E-state index < -0.39 is 0 Å². The Morgan fingerprint density at radius 3 is 2.59 bits per heavy atom. The van der Waals surface area contributed by atoms with Crippen molar-refractivity contribution in [2.75, 3.05) is 17.2 Å². The van der Waals surface area contributed by atoms with Crippen molar-refractivity contribution in [3.63, 3.8) is 0 Å². The molecule has 2 N–H and O–H groups in total. The van der Waals surface area contributed by atoms with Gasteiger partial charge >= 0.3 is 0 Å². The van der Waals surface area contributed by atoms with E-state index in [0.29, 0.717) is 23.0 Å². The zero-order chi connectivity index (χ0) is 16.1. The summed E-state index contributed by atoms with van der Waals surface area (Å²) in [6.45, 7) is 4.40. The lowest BCUT2D eigenvalue weighted by molar-refractivity contribution is -0.115. The van der Waals surface area contributed by atoms with Gasteiger partial charge in [0.15, 0.2) is 0 Å². The highest BCUT2D eigenvalue weighted by Gasteiger charge is 2.06. The minimum atomic E-state index is -0.0439. The number of carbonyl (C=O) groups is 1. The van der Waals surface area contributed by atoms with Gasteiger partial charge in [0.2, 0.25) is 5.91 Å². The standard InChI is InChI=1S/C17H18Cl2N2O/c1-11-10-13(18)6-7-15(11)21-17(22)8-9-20-16-5-3-4-14(19)12(16)2/h3-7,10,20H,8-9H2,1-2H3,(H,21,22). The van der Waals surface area contributed by atoms with Crippen LogP contribution in [0.4, 0.5) is 11.4 Å². The largest absolute Gasteiger partial charge is 0.384 e. The molecule has 0 atom stereocenters. The Hall–Kier alpha value is -1.71. The Morgan fingerprint density at radius 2 is 1.86 bits per heavy atom. The van der Waals surface area contributed by atoms with Crippen LogP contribution in [0.15, 0.2) is 36.4 Å². The zero-order valence-corrected chi connectivity index (χ0v) is 14.1. The average molecular weight is 337 g/mol. The van der Waals surface area contributed by atoms with Gasteiger partial charge in [-0.3, -0.25) is 4.79 Å². The van der Waals surface area contributed by atoms with Crippen LogP contribution < -0.4 is 10.6 Å². The van der Waals surface area contributed by atoms with E-state index in [9.17, 15) is 4.79 Å². The summed E-state index contributed by atoms with van der Waals surface area (Å²) >= 11 is 12.0. The first-order valence-electron chi connectivity index (χ1n) is 7.02. The zero-order valence-electron chi connectivity index (χ0n) is 12.5. The fourth-order valence-corrected chi connectivity index (χ4v) is 2.49. The van der Waals surface area contributed by atoms with Crippen LogP contribution in [0, 0.1) is 13.8 Å². The Bertz CT molecular complexity index is 686. The first kappa shape index (κ1) is 16.7. The van der Waals surface area contributed by atoms with E-state index in [2.05, 4.69) is 10.6 Å². The molecule has 0 aliphatic carbocycles. The molecule has 2 aromatic rings. The maximum atomic E-state index is 12.0. The molecule has 0 saturated heterocycles. The summed E-state index contributed by atoms with van der Waals surface area (Å²) in [5.41, 5.74) is 3.66. The lowest BCUT2D eigenvalue weighted by Gasteiger charge is -2.11. The van der Waals surface area contributed by atoms with Crippen LogP contribution >= 0.6 is 23.2 Å². The lowest BCUT2D eigenvalue weighted by Crippen LogP contribution is -2.17. The summed E-state index contributed by atoms with van der Waals surface area (Å²) in [5.74, 6) is -0.0439. The molecule has 116 valence electrons. The fourth-order valence-electron chi connectivity index (χ4n) is 2.09. The third kappa shape index (κ3) is 4.39. The monoisotopic (exact) mass is 336 g/mol. The molecule has 0 saturated carbocycles. The first-order chi connectivity index (χ1) is 10.5. The third-order valence-corrected chi connectivity index (χ3v) is 4.04. The molecular weight excluding hydrogens is 319 g/mol. The molecule has 1 amide bonds. The SMILES string of the molecule is Cc1cc(Cl)ccc1NC(=O)CCNc1cccc(Cl)c1C. The summed E-state index contributed by atoms with van der Waals surface area (Å²) in [5, 5.41) is 7.49. The fraction of sp³-hybridized carbons (Fsp3) is 0.235. The van der Waals surface area contributed by atoms with E-state index in [-0.39, 0.29) is 5.91 Å². The van der Waals surface area contributed by atoms with Crippen LogP contribution in [0.2, 0.25) is 10.0 Å². The van der Waals surface area contributed by atoms with Crippen molar-refractivity contribution >= 4 is 40.5 Å². The number of hydrogen-bond donors (Lipinski definition) is 2. The minimum Gasteiger partial charge on any atom is -0.384 e. The average Bonchev–Trinajstić information content (AvgIpc) is 2.46. The van der Waals surface area contributed by atoms with Gasteiger partial charge in [0, 0.05) is 34.4 Å². The van der Waals surface area contributed by atoms with Gasteiger partial charge in [0.1, 0.15) is 0 Å². The number of anilines is 2. The number of halogens is 2. The van der Waals surface area contributed by atoms with Gasteiger partial charge in [-0.15, -0.1) is 0 Å². The molecule has 0 bridgehead atoms. The van der Waals surface area contributed by atoms with E-state index in [1.165, 1.54) is 0 Å². The molecule has 0 aromatic heterocycles. The Labute approximate surface area is 140 Å². The van der Waals surface area contributed by atoms with Gasteiger partial charge < -0.3 is 10.6 Å². The van der Waals surface area contributed by atoms with Gasteiger partial charge in [-0.05, 0) is 55.3 Å². The van der Waals surface area contributed by atoms with E-state index in [1.807, 2.05) is 44.2 Å². The molecule has 0 spiro atoms. The quantitative estimate of drug-likeness (QED) is 0.801. The second-order valence-corrected chi connectivity index (χ2v) is 5.94. The van der Waals surface area contributed by atoms with Crippen molar-refractivity contribution < 1.29 is 4.79 Å². The smallest absolute Gasteiger partial charge is 0.226 e. The highest BCUT2D eigenvalue weighted by molar-refractivity contribution is 6.31. The minimum absolute atomic E-state index is 0.0439.